The number of hydrogen-bond donors (Lipinski definition) is 2. The van der Waals surface area contributed by atoms with E-state index in [0.717, 1.165) is 41.3 Å². The van der Waals surface area contributed by atoms with Crippen LogP contribution in [0, 0.1) is 6.92 Å². The Bertz CT molecular complexity index is 1610. The molecule has 0 radical (unpaired) electrons. The third kappa shape index (κ3) is 4.84. The Hall–Kier alpha value is -4.15. The highest BCUT2D eigenvalue weighted by Crippen LogP contribution is 2.33. The molecule has 0 saturated carbocycles. The van der Waals surface area contributed by atoms with Crippen molar-refractivity contribution >= 4 is 29.4 Å². The first-order valence-electron chi connectivity index (χ1n) is 13.2. The van der Waals surface area contributed by atoms with Crippen molar-refractivity contribution in [1.29, 1.82) is 0 Å². The quantitative estimate of drug-likeness (QED) is 0.334. The standard InChI is InChI=1S/C29H30ClN7O3/c1-17-24(33-34-28(17)40-18(2)22-6-4-5-7-23(22)30)16-36-14-20-9-8-19(12-21(20)15-36)27-31-13-26(35(27)3)37-11-10-25(38)32-29(37)39/h4-9,12-13,18H,10-11,14-16H2,1-3H3,(H,33,34)(H,32,38,39)/t18-/m0/s1. The number of carbonyl (C=O) groups is 2. The topological polar surface area (TPSA) is 108 Å². The van der Waals surface area contributed by atoms with Gasteiger partial charge in [-0.2, -0.15) is 0 Å². The number of amides is 3. The van der Waals surface area contributed by atoms with E-state index in [-0.39, 0.29) is 18.4 Å². The van der Waals surface area contributed by atoms with Crippen LogP contribution in [-0.4, -0.2) is 43.1 Å². The number of fused-ring (bicyclic) bond motifs is 1. The minimum Gasteiger partial charge on any atom is -0.468 e. The van der Waals surface area contributed by atoms with Crippen LogP contribution in [0.1, 0.15) is 47.4 Å². The van der Waals surface area contributed by atoms with Crippen LogP contribution in [0.2, 0.25) is 5.02 Å². The first-order chi connectivity index (χ1) is 19.3. The van der Waals surface area contributed by atoms with Crippen LogP contribution in [0.15, 0.2) is 48.7 Å². The fourth-order valence-corrected chi connectivity index (χ4v) is 5.65. The predicted molar refractivity (Wildman–Crippen MR) is 151 cm³/mol. The van der Waals surface area contributed by atoms with Crippen molar-refractivity contribution < 1.29 is 14.3 Å². The highest BCUT2D eigenvalue weighted by atomic mass is 35.5. The smallest absolute Gasteiger partial charge is 0.329 e. The molecule has 3 amide bonds. The summed E-state index contributed by atoms with van der Waals surface area (Å²) in [7, 11) is 1.88. The lowest BCUT2D eigenvalue weighted by molar-refractivity contribution is -0.120. The van der Waals surface area contributed by atoms with Crippen molar-refractivity contribution in [3.8, 4) is 17.3 Å². The summed E-state index contributed by atoms with van der Waals surface area (Å²) < 4.78 is 8.04. The number of nitrogens with zero attached hydrogens (tertiary/aromatic N) is 5. The van der Waals surface area contributed by atoms with E-state index in [2.05, 4.69) is 43.6 Å². The summed E-state index contributed by atoms with van der Waals surface area (Å²) in [4.78, 5) is 32.4. The van der Waals surface area contributed by atoms with E-state index >= 15 is 0 Å². The molecule has 2 N–H and O–H groups in total. The Balaban J connectivity index is 1.14. The molecule has 1 atom stereocenters. The molecule has 11 heteroatoms. The molecule has 0 aliphatic carbocycles. The summed E-state index contributed by atoms with van der Waals surface area (Å²) in [6.45, 7) is 6.65. The van der Waals surface area contributed by atoms with Gasteiger partial charge in [0.15, 0.2) is 0 Å². The first-order valence-corrected chi connectivity index (χ1v) is 13.6. The van der Waals surface area contributed by atoms with E-state index < -0.39 is 6.03 Å². The highest BCUT2D eigenvalue weighted by molar-refractivity contribution is 6.31. The molecule has 2 aromatic heterocycles. The van der Waals surface area contributed by atoms with Crippen molar-refractivity contribution in [3.63, 3.8) is 0 Å². The molecule has 0 unspecified atom stereocenters. The Labute approximate surface area is 236 Å². The van der Waals surface area contributed by atoms with Gasteiger partial charge in [-0.3, -0.25) is 25.0 Å². The normalized spacial score (nSPS) is 16.2. The molecule has 0 spiro atoms. The number of halogens is 1. The van der Waals surface area contributed by atoms with E-state index in [9.17, 15) is 9.59 Å². The summed E-state index contributed by atoms with van der Waals surface area (Å²) in [5.74, 6) is 1.74. The van der Waals surface area contributed by atoms with Crippen molar-refractivity contribution in [2.75, 3.05) is 11.4 Å². The molecule has 10 nitrogen and oxygen atoms in total. The maximum Gasteiger partial charge on any atom is 0.329 e. The van der Waals surface area contributed by atoms with Gasteiger partial charge in [0, 0.05) is 61.4 Å². The molecular weight excluding hydrogens is 530 g/mol. The van der Waals surface area contributed by atoms with Gasteiger partial charge in [-0.25, -0.2) is 9.78 Å². The zero-order chi connectivity index (χ0) is 28.0. The fourth-order valence-electron chi connectivity index (χ4n) is 5.36. The van der Waals surface area contributed by atoms with E-state index in [0.29, 0.717) is 29.8 Å². The van der Waals surface area contributed by atoms with Crippen LogP contribution in [0.4, 0.5) is 10.6 Å². The Morgan fingerprint density at radius 1 is 1.12 bits per heavy atom. The molecule has 4 heterocycles. The number of aromatic nitrogens is 4. The molecule has 0 bridgehead atoms. The number of imidazole rings is 1. The SMILES string of the molecule is Cc1c(O[C@@H](C)c2ccccc2Cl)n[nH]c1CN1Cc2ccc(-c3ncc(N4CCC(=O)NC4=O)n3C)cc2C1. The van der Waals surface area contributed by atoms with Crippen molar-refractivity contribution in [3.05, 3.63) is 81.6 Å². The van der Waals surface area contributed by atoms with E-state index in [1.807, 2.05) is 49.7 Å². The van der Waals surface area contributed by atoms with Gasteiger partial charge in [0.1, 0.15) is 17.7 Å². The highest BCUT2D eigenvalue weighted by Gasteiger charge is 2.28. The lowest BCUT2D eigenvalue weighted by atomic mass is 10.1. The molecule has 6 rings (SSSR count). The van der Waals surface area contributed by atoms with Crippen LogP contribution in [0.5, 0.6) is 5.88 Å². The predicted octanol–water partition coefficient (Wildman–Crippen LogP) is 4.87. The molecule has 206 valence electrons. The van der Waals surface area contributed by atoms with Crippen molar-refractivity contribution in [1.82, 2.24) is 30.0 Å². The largest absolute Gasteiger partial charge is 0.468 e. The summed E-state index contributed by atoms with van der Waals surface area (Å²) in [5.41, 5.74) is 6.41. The maximum atomic E-state index is 12.3. The molecule has 2 aliphatic rings. The van der Waals surface area contributed by atoms with Gasteiger partial charge in [-0.1, -0.05) is 41.9 Å². The molecule has 2 aliphatic heterocycles. The van der Waals surface area contributed by atoms with Crippen molar-refractivity contribution in [2.24, 2.45) is 7.05 Å². The Morgan fingerprint density at radius 2 is 1.93 bits per heavy atom. The van der Waals surface area contributed by atoms with Gasteiger partial charge in [0.2, 0.25) is 11.8 Å². The zero-order valence-corrected chi connectivity index (χ0v) is 23.3. The number of nitrogens with one attached hydrogen (secondary N) is 2. The summed E-state index contributed by atoms with van der Waals surface area (Å²) in [6, 6.07) is 13.6. The second-order valence-electron chi connectivity index (χ2n) is 10.3. The van der Waals surface area contributed by atoms with E-state index in [1.165, 1.54) is 11.1 Å². The second-order valence-corrected chi connectivity index (χ2v) is 10.7. The number of anilines is 1. The molecule has 40 heavy (non-hydrogen) atoms. The second kappa shape index (κ2) is 10.4. The van der Waals surface area contributed by atoms with Gasteiger partial charge in [0.05, 0.1) is 11.9 Å². The number of hydrogen-bond acceptors (Lipinski definition) is 6. The number of carbonyl (C=O) groups excluding carboxylic acids is 2. The van der Waals surface area contributed by atoms with Crippen LogP contribution >= 0.6 is 11.6 Å². The van der Waals surface area contributed by atoms with Crippen molar-refractivity contribution in [2.45, 2.75) is 46.0 Å². The van der Waals surface area contributed by atoms with E-state index in [1.54, 1.807) is 11.1 Å². The van der Waals surface area contributed by atoms with Gasteiger partial charge < -0.3 is 9.30 Å². The monoisotopic (exact) mass is 559 g/mol. The number of ether oxygens (including phenoxy) is 1. The summed E-state index contributed by atoms with van der Waals surface area (Å²) >= 11 is 6.34. The van der Waals surface area contributed by atoms with Gasteiger partial charge in [-0.15, -0.1) is 5.10 Å². The molecular formula is C29H30ClN7O3. The molecule has 2 aromatic carbocycles. The third-order valence-corrected chi connectivity index (χ3v) is 7.97. The minimum absolute atomic E-state index is 0.226. The van der Waals surface area contributed by atoms with Crippen LogP contribution in [0.3, 0.4) is 0 Å². The summed E-state index contributed by atoms with van der Waals surface area (Å²) in [5, 5.41) is 10.6. The van der Waals surface area contributed by atoms with Gasteiger partial charge in [0.25, 0.3) is 0 Å². The number of aromatic amines is 1. The van der Waals surface area contributed by atoms with Gasteiger partial charge >= 0.3 is 6.03 Å². The molecule has 1 fully saturated rings. The number of H-pyrrole nitrogens is 1. The van der Waals surface area contributed by atoms with Gasteiger partial charge in [-0.05, 0) is 37.1 Å². The van der Waals surface area contributed by atoms with Crippen LogP contribution in [-0.2, 0) is 31.5 Å². The lowest BCUT2D eigenvalue weighted by Gasteiger charge is -2.26. The average Bonchev–Trinajstić information content (AvgIpc) is 3.61. The number of imide groups is 1. The fraction of sp³-hybridized carbons (Fsp3) is 0.310. The number of benzene rings is 2. The Kier molecular flexibility index (Phi) is 6.81. The number of rotatable bonds is 7. The summed E-state index contributed by atoms with van der Waals surface area (Å²) in [6.07, 6.45) is 1.72. The molecule has 1 saturated heterocycles. The Morgan fingerprint density at radius 3 is 2.73 bits per heavy atom. The first kappa shape index (κ1) is 26.1. The molecule has 4 aromatic rings. The van der Waals surface area contributed by atoms with Crippen LogP contribution in [0.25, 0.3) is 11.4 Å². The zero-order valence-electron chi connectivity index (χ0n) is 22.6. The third-order valence-electron chi connectivity index (χ3n) is 7.63. The maximum absolute atomic E-state index is 12.3. The lowest BCUT2D eigenvalue weighted by Crippen LogP contribution is -2.50. The number of urea groups is 1. The average molecular weight is 560 g/mol. The minimum atomic E-state index is -0.420. The van der Waals surface area contributed by atoms with Crippen LogP contribution < -0.4 is 15.0 Å². The van der Waals surface area contributed by atoms with E-state index in [4.69, 9.17) is 16.3 Å².